The van der Waals surface area contributed by atoms with E-state index in [1.807, 2.05) is 36.7 Å². The van der Waals surface area contributed by atoms with Crippen LogP contribution in [-0.2, 0) is 0 Å². The molecule has 0 aliphatic heterocycles. The van der Waals surface area contributed by atoms with Crippen LogP contribution in [0.25, 0.3) is 5.69 Å². The Morgan fingerprint density at radius 2 is 1.87 bits per heavy atom. The molecular formula is C11H11N3O. The van der Waals surface area contributed by atoms with E-state index in [4.69, 9.17) is 0 Å². The largest absolute Gasteiger partial charge is 0.238 e. The fourth-order valence-corrected chi connectivity index (χ4v) is 1.54. The van der Waals surface area contributed by atoms with Gasteiger partial charge in [-0.15, -0.1) is 4.91 Å². The van der Waals surface area contributed by atoms with E-state index in [1.165, 1.54) is 0 Å². The molecule has 0 saturated heterocycles. The summed E-state index contributed by atoms with van der Waals surface area (Å²) in [5.41, 5.74) is 3.41. The molecule has 1 heterocycles. The highest BCUT2D eigenvalue weighted by Gasteiger charge is 2.03. The average Bonchev–Trinajstić information content (AvgIpc) is 2.58. The summed E-state index contributed by atoms with van der Waals surface area (Å²) in [6, 6.07) is 9.02. The van der Waals surface area contributed by atoms with Crippen LogP contribution < -0.4 is 0 Å². The first kappa shape index (κ1) is 9.58. The molecule has 4 heteroatoms. The molecule has 0 unspecified atom stereocenters. The highest BCUT2D eigenvalue weighted by atomic mass is 16.3. The maximum atomic E-state index is 10.3. The summed E-state index contributed by atoms with van der Waals surface area (Å²) in [5, 5.41) is 7.20. The minimum Gasteiger partial charge on any atom is -0.238 e. The van der Waals surface area contributed by atoms with Crippen molar-refractivity contribution in [2.24, 2.45) is 5.18 Å². The molecule has 0 N–H and O–H groups in total. The van der Waals surface area contributed by atoms with Gasteiger partial charge >= 0.3 is 0 Å². The molecule has 15 heavy (non-hydrogen) atoms. The zero-order valence-corrected chi connectivity index (χ0v) is 8.64. The van der Waals surface area contributed by atoms with E-state index in [0.29, 0.717) is 5.69 Å². The van der Waals surface area contributed by atoms with Crippen molar-refractivity contribution in [3.05, 3.63) is 46.6 Å². The van der Waals surface area contributed by atoms with Crippen molar-refractivity contribution >= 4 is 5.69 Å². The third-order valence-electron chi connectivity index (χ3n) is 2.21. The second-order valence-corrected chi connectivity index (χ2v) is 3.45. The van der Waals surface area contributed by atoms with Gasteiger partial charge in [-0.3, -0.25) is 0 Å². The van der Waals surface area contributed by atoms with E-state index in [0.717, 1.165) is 17.1 Å². The number of nitroso groups, excluding NO2 is 1. The Morgan fingerprint density at radius 3 is 2.33 bits per heavy atom. The van der Waals surface area contributed by atoms with Crippen LogP contribution in [0, 0.1) is 18.8 Å². The van der Waals surface area contributed by atoms with Gasteiger partial charge in [0.05, 0.1) is 11.4 Å². The van der Waals surface area contributed by atoms with E-state index in [1.54, 1.807) is 12.1 Å². The summed E-state index contributed by atoms with van der Waals surface area (Å²) in [6.07, 6.45) is 0. The van der Waals surface area contributed by atoms with Gasteiger partial charge < -0.3 is 0 Å². The van der Waals surface area contributed by atoms with Gasteiger partial charge in [-0.2, -0.15) is 5.10 Å². The summed E-state index contributed by atoms with van der Waals surface area (Å²) >= 11 is 0. The third kappa shape index (κ3) is 1.79. The minimum atomic E-state index is 0.431. The predicted octanol–water partition coefficient (Wildman–Crippen LogP) is 2.89. The van der Waals surface area contributed by atoms with Crippen LogP contribution in [0.3, 0.4) is 0 Å². The van der Waals surface area contributed by atoms with Crippen LogP contribution in [-0.4, -0.2) is 9.78 Å². The van der Waals surface area contributed by atoms with E-state index in [-0.39, 0.29) is 0 Å². The van der Waals surface area contributed by atoms with Crippen LogP contribution in [0.15, 0.2) is 35.5 Å². The number of aryl methyl sites for hydroxylation is 2. The molecular weight excluding hydrogens is 190 g/mol. The lowest BCUT2D eigenvalue weighted by molar-refractivity contribution is 0.833. The van der Waals surface area contributed by atoms with Crippen molar-refractivity contribution in [3.63, 3.8) is 0 Å². The topological polar surface area (TPSA) is 47.2 Å². The van der Waals surface area contributed by atoms with Gasteiger partial charge in [0.15, 0.2) is 0 Å². The van der Waals surface area contributed by atoms with E-state index in [2.05, 4.69) is 10.3 Å². The number of rotatable bonds is 2. The number of aromatic nitrogens is 2. The van der Waals surface area contributed by atoms with E-state index >= 15 is 0 Å². The lowest BCUT2D eigenvalue weighted by Crippen LogP contribution is -1.98. The molecule has 76 valence electrons. The van der Waals surface area contributed by atoms with Gasteiger partial charge in [0.25, 0.3) is 0 Å². The molecule has 0 saturated carbocycles. The van der Waals surface area contributed by atoms with Gasteiger partial charge in [-0.05, 0) is 49.4 Å². The minimum absolute atomic E-state index is 0.431. The van der Waals surface area contributed by atoms with E-state index in [9.17, 15) is 4.91 Å². The summed E-state index contributed by atoms with van der Waals surface area (Å²) < 4.78 is 1.84. The van der Waals surface area contributed by atoms with Crippen molar-refractivity contribution in [1.29, 1.82) is 0 Å². The zero-order chi connectivity index (χ0) is 10.8. The zero-order valence-electron chi connectivity index (χ0n) is 8.64. The lowest BCUT2D eigenvalue weighted by Gasteiger charge is -2.03. The Bertz CT molecular complexity index is 485. The summed E-state index contributed by atoms with van der Waals surface area (Å²) in [4.78, 5) is 10.3. The second kappa shape index (κ2) is 3.65. The monoisotopic (exact) mass is 201 g/mol. The molecule has 1 aromatic carbocycles. The maximum Gasteiger partial charge on any atom is 0.108 e. The first-order chi connectivity index (χ1) is 7.20. The molecule has 0 bridgehead atoms. The predicted molar refractivity (Wildman–Crippen MR) is 58.5 cm³/mol. The summed E-state index contributed by atoms with van der Waals surface area (Å²) in [5.74, 6) is 0. The molecule has 2 rings (SSSR count). The van der Waals surface area contributed by atoms with Crippen LogP contribution in [0.5, 0.6) is 0 Å². The normalized spacial score (nSPS) is 10.3. The summed E-state index contributed by atoms with van der Waals surface area (Å²) in [7, 11) is 0. The average molecular weight is 201 g/mol. The molecule has 0 fully saturated rings. The maximum absolute atomic E-state index is 10.3. The fourth-order valence-electron chi connectivity index (χ4n) is 1.54. The fraction of sp³-hybridized carbons (Fsp3) is 0.182. The molecule has 0 aliphatic carbocycles. The molecule has 0 atom stereocenters. The van der Waals surface area contributed by atoms with Crippen LogP contribution in [0.2, 0.25) is 0 Å². The molecule has 0 radical (unpaired) electrons. The Balaban J connectivity index is 2.45. The van der Waals surface area contributed by atoms with Gasteiger partial charge in [0.1, 0.15) is 5.69 Å². The van der Waals surface area contributed by atoms with Crippen molar-refractivity contribution in [2.45, 2.75) is 13.8 Å². The number of benzene rings is 1. The number of hydrogen-bond donors (Lipinski definition) is 0. The van der Waals surface area contributed by atoms with Crippen LogP contribution in [0.4, 0.5) is 5.69 Å². The molecule has 2 aromatic rings. The lowest BCUT2D eigenvalue weighted by atomic mass is 10.3. The van der Waals surface area contributed by atoms with Crippen LogP contribution >= 0.6 is 0 Å². The molecule has 1 aromatic heterocycles. The second-order valence-electron chi connectivity index (χ2n) is 3.45. The van der Waals surface area contributed by atoms with Gasteiger partial charge in [-0.1, -0.05) is 0 Å². The summed E-state index contributed by atoms with van der Waals surface area (Å²) in [6.45, 7) is 3.94. The Labute approximate surface area is 87.5 Å². The molecule has 0 aliphatic rings. The van der Waals surface area contributed by atoms with Crippen molar-refractivity contribution in [3.8, 4) is 5.69 Å². The first-order valence-corrected chi connectivity index (χ1v) is 4.68. The van der Waals surface area contributed by atoms with Gasteiger partial charge in [0.2, 0.25) is 0 Å². The quantitative estimate of drug-likeness (QED) is 0.701. The SMILES string of the molecule is Cc1cc(C)n(-c2ccc(N=O)cc2)n1. The van der Waals surface area contributed by atoms with Gasteiger partial charge in [0, 0.05) is 5.69 Å². The van der Waals surface area contributed by atoms with Gasteiger partial charge in [-0.25, -0.2) is 4.68 Å². The Kier molecular flexibility index (Phi) is 2.33. The third-order valence-corrected chi connectivity index (χ3v) is 2.21. The highest BCUT2D eigenvalue weighted by molar-refractivity contribution is 5.44. The van der Waals surface area contributed by atoms with Crippen LogP contribution in [0.1, 0.15) is 11.4 Å². The molecule has 0 amide bonds. The smallest absolute Gasteiger partial charge is 0.108 e. The number of nitrogens with zero attached hydrogens (tertiary/aromatic N) is 3. The number of hydrogen-bond acceptors (Lipinski definition) is 3. The molecule has 0 spiro atoms. The Morgan fingerprint density at radius 1 is 1.20 bits per heavy atom. The van der Waals surface area contributed by atoms with Crippen molar-refractivity contribution in [1.82, 2.24) is 9.78 Å². The van der Waals surface area contributed by atoms with Crippen molar-refractivity contribution < 1.29 is 0 Å². The highest BCUT2D eigenvalue weighted by Crippen LogP contribution is 2.16. The van der Waals surface area contributed by atoms with E-state index < -0.39 is 0 Å². The first-order valence-electron chi connectivity index (χ1n) is 4.68. The molecule has 4 nitrogen and oxygen atoms in total. The standard InChI is InChI=1S/C11H11N3O/c1-8-7-9(2)14(12-8)11-5-3-10(13-15)4-6-11/h3-7H,1-2H3. The Hall–Kier alpha value is -1.97. The van der Waals surface area contributed by atoms with Crippen molar-refractivity contribution in [2.75, 3.05) is 0 Å².